The molecule has 9 heteroatoms. The molecule has 0 aliphatic carbocycles. The number of nitrogens with zero attached hydrogens (tertiary/aromatic N) is 3. The van der Waals surface area contributed by atoms with Gasteiger partial charge >= 0.3 is 6.18 Å². The van der Waals surface area contributed by atoms with Gasteiger partial charge in [0.05, 0.1) is 16.6 Å². The SMILES string of the molecule is Cc1cccc(-n2c(NC(=O)c3cccc(C(F)(F)F)c3)nc3cc(CN4CCNCC4)ccc32)c1. The lowest BCUT2D eigenvalue weighted by atomic mass is 10.1. The number of piperazine rings is 1. The summed E-state index contributed by atoms with van der Waals surface area (Å²) >= 11 is 0. The maximum absolute atomic E-state index is 13.2. The number of rotatable bonds is 5. The largest absolute Gasteiger partial charge is 0.416 e. The summed E-state index contributed by atoms with van der Waals surface area (Å²) in [6.07, 6.45) is -4.54. The highest BCUT2D eigenvalue weighted by atomic mass is 19.4. The van der Waals surface area contributed by atoms with Crippen LogP contribution in [0.25, 0.3) is 16.7 Å². The minimum atomic E-state index is -4.54. The van der Waals surface area contributed by atoms with Crippen LogP contribution in [-0.4, -0.2) is 46.5 Å². The Kier molecular flexibility index (Phi) is 6.51. The minimum Gasteiger partial charge on any atom is -0.314 e. The minimum absolute atomic E-state index is 0.0907. The molecule has 1 saturated heterocycles. The van der Waals surface area contributed by atoms with Crippen LogP contribution < -0.4 is 10.6 Å². The Morgan fingerprint density at radius 3 is 2.56 bits per heavy atom. The fourth-order valence-corrected chi connectivity index (χ4v) is 4.47. The van der Waals surface area contributed by atoms with Crippen LogP contribution in [-0.2, 0) is 12.7 Å². The van der Waals surface area contributed by atoms with Gasteiger partial charge in [0.25, 0.3) is 5.91 Å². The molecule has 3 aromatic carbocycles. The van der Waals surface area contributed by atoms with Gasteiger partial charge in [-0.2, -0.15) is 13.2 Å². The van der Waals surface area contributed by atoms with E-state index < -0.39 is 17.6 Å². The predicted octanol–water partition coefficient (Wildman–Crippen LogP) is 5.01. The summed E-state index contributed by atoms with van der Waals surface area (Å²) in [5.74, 6) is -0.413. The number of hydrogen-bond acceptors (Lipinski definition) is 4. The van der Waals surface area contributed by atoms with Gasteiger partial charge in [0.15, 0.2) is 0 Å². The Morgan fingerprint density at radius 1 is 1.03 bits per heavy atom. The van der Waals surface area contributed by atoms with Crippen molar-refractivity contribution >= 4 is 22.9 Å². The molecule has 0 unspecified atom stereocenters. The summed E-state index contributed by atoms with van der Waals surface area (Å²) in [6.45, 7) is 6.60. The number of anilines is 1. The van der Waals surface area contributed by atoms with Gasteiger partial charge in [-0.15, -0.1) is 0 Å². The lowest BCUT2D eigenvalue weighted by Crippen LogP contribution is -2.42. The van der Waals surface area contributed by atoms with E-state index in [4.69, 9.17) is 0 Å². The molecule has 1 fully saturated rings. The Hall–Kier alpha value is -3.69. The third kappa shape index (κ3) is 5.12. The first-order chi connectivity index (χ1) is 17.3. The second-order valence-corrected chi connectivity index (χ2v) is 8.99. The van der Waals surface area contributed by atoms with E-state index >= 15 is 0 Å². The lowest BCUT2D eigenvalue weighted by molar-refractivity contribution is -0.137. The first-order valence-electron chi connectivity index (χ1n) is 11.8. The molecule has 1 aliphatic rings. The van der Waals surface area contributed by atoms with Crippen molar-refractivity contribution in [1.82, 2.24) is 19.8 Å². The van der Waals surface area contributed by atoms with Crippen LogP contribution in [0.5, 0.6) is 0 Å². The number of alkyl halides is 3. The van der Waals surface area contributed by atoms with Crippen LogP contribution in [0.3, 0.4) is 0 Å². The van der Waals surface area contributed by atoms with Gasteiger partial charge in [0, 0.05) is 44.0 Å². The number of fused-ring (bicyclic) bond motifs is 1. The Morgan fingerprint density at radius 2 is 1.81 bits per heavy atom. The zero-order valence-electron chi connectivity index (χ0n) is 19.8. The van der Waals surface area contributed by atoms with Gasteiger partial charge in [-0.05, 0) is 60.5 Å². The first-order valence-corrected chi connectivity index (χ1v) is 11.8. The second-order valence-electron chi connectivity index (χ2n) is 8.99. The molecule has 0 spiro atoms. The molecule has 0 bridgehead atoms. The average Bonchev–Trinajstić information content (AvgIpc) is 3.21. The average molecular weight is 494 g/mol. The van der Waals surface area contributed by atoms with Crippen molar-refractivity contribution in [2.75, 3.05) is 31.5 Å². The van der Waals surface area contributed by atoms with E-state index in [0.717, 1.165) is 67.2 Å². The predicted molar refractivity (Wildman–Crippen MR) is 133 cm³/mol. The molecule has 36 heavy (non-hydrogen) atoms. The van der Waals surface area contributed by atoms with Crippen molar-refractivity contribution in [3.8, 4) is 5.69 Å². The van der Waals surface area contributed by atoms with Gasteiger partial charge in [-0.25, -0.2) is 4.98 Å². The lowest BCUT2D eigenvalue weighted by Gasteiger charge is -2.27. The number of benzene rings is 3. The van der Waals surface area contributed by atoms with Crippen molar-refractivity contribution < 1.29 is 18.0 Å². The summed E-state index contributed by atoms with van der Waals surface area (Å²) in [6, 6.07) is 18.2. The highest BCUT2D eigenvalue weighted by Gasteiger charge is 2.31. The van der Waals surface area contributed by atoms with Gasteiger partial charge in [0.1, 0.15) is 0 Å². The van der Waals surface area contributed by atoms with Crippen LogP contribution in [0.2, 0.25) is 0 Å². The number of carbonyl (C=O) groups excluding carboxylic acids is 1. The topological polar surface area (TPSA) is 62.2 Å². The van der Waals surface area contributed by atoms with E-state index in [-0.39, 0.29) is 11.5 Å². The molecule has 0 radical (unpaired) electrons. The number of nitrogens with one attached hydrogen (secondary N) is 2. The zero-order chi connectivity index (χ0) is 25.3. The Labute approximate surface area is 206 Å². The van der Waals surface area contributed by atoms with E-state index in [2.05, 4.69) is 26.6 Å². The molecular formula is C27H26F3N5O. The van der Waals surface area contributed by atoms with E-state index in [0.29, 0.717) is 5.52 Å². The number of carbonyl (C=O) groups is 1. The van der Waals surface area contributed by atoms with Crippen LogP contribution in [0.1, 0.15) is 27.0 Å². The van der Waals surface area contributed by atoms with Crippen molar-refractivity contribution in [2.24, 2.45) is 0 Å². The number of imidazole rings is 1. The number of hydrogen-bond donors (Lipinski definition) is 2. The normalized spacial score (nSPS) is 14.8. The van der Waals surface area contributed by atoms with Crippen LogP contribution in [0.15, 0.2) is 66.7 Å². The summed E-state index contributed by atoms with van der Waals surface area (Å²) in [4.78, 5) is 20.1. The third-order valence-corrected chi connectivity index (χ3v) is 6.27. The summed E-state index contributed by atoms with van der Waals surface area (Å²) < 4.78 is 41.3. The van der Waals surface area contributed by atoms with E-state index in [9.17, 15) is 18.0 Å². The van der Waals surface area contributed by atoms with Crippen LogP contribution in [0.4, 0.5) is 19.1 Å². The van der Waals surface area contributed by atoms with Gasteiger partial charge in [0.2, 0.25) is 5.95 Å². The standard InChI is InChI=1S/C27H26F3N5O/c1-18-4-2-7-22(14-18)35-24-9-8-19(17-34-12-10-31-11-13-34)15-23(24)32-26(35)33-25(36)20-5-3-6-21(16-20)27(28,29)30/h2-9,14-16,31H,10-13,17H2,1H3,(H,32,33,36). The molecule has 1 aliphatic heterocycles. The smallest absolute Gasteiger partial charge is 0.314 e. The highest BCUT2D eigenvalue weighted by molar-refractivity contribution is 6.04. The van der Waals surface area contributed by atoms with Crippen molar-refractivity contribution in [2.45, 2.75) is 19.6 Å². The van der Waals surface area contributed by atoms with Gasteiger partial charge < -0.3 is 5.32 Å². The maximum atomic E-state index is 13.2. The quantitative estimate of drug-likeness (QED) is 0.410. The Bertz CT molecular complexity index is 1410. The molecule has 0 atom stereocenters. The highest BCUT2D eigenvalue weighted by Crippen LogP contribution is 2.30. The fourth-order valence-electron chi connectivity index (χ4n) is 4.47. The molecule has 5 rings (SSSR count). The number of amides is 1. The monoisotopic (exact) mass is 493 g/mol. The van der Waals surface area contributed by atoms with Crippen molar-refractivity contribution in [1.29, 1.82) is 0 Å². The molecule has 4 aromatic rings. The van der Waals surface area contributed by atoms with Gasteiger partial charge in [-0.3, -0.25) is 19.6 Å². The maximum Gasteiger partial charge on any atom is 0.416 e. The molecule has 6 nitrogen and oxygen atoms in total. The Balaban J connectivity index is 1.52. The molecule has 2 N–H and O–H groups in total. The van der Waals surface area contributed by atoms with E-state index in [1.54, 1.807) is 0 Å². The van der Waals surface area contributed by atoms with Crippen LogP contribution >= 0.6 is 0 Å². The molecule has 1 aromatic heterocycles. The number of aromatic nitrogens is 2. The first kappa shape index (κ1) is 24.0. The molecule has 1 amide bonds. The molecule has 0 saturated carbocycles. The van der Waals surface area contributed by atoms with Crippen molar-refractivity contribution in [3.05, 3.63) is 89.0 Å². The summed E-state index contributed by atoms with van der Waals surface area (Å²) in [7, 11) is 0. The van der Waals surface area contributed by atoms with E-state index in [1.165, 1.54) is 12.1 Å². The molecule has 2 heterocycles. The van der Waals surface area contributed by atoms with Crippen LogP contribution in [0, 0.1) is 6.92 Å². The second kappa shape index (κ2) is 9.75. The fraction of sp³-hybridized carbons (Fsp3) is 0.259. The number of halogens is 3. The zero-order valence-corrected chi connectivity index (χ0v) is 19.8. The van der Waals surface area contributed by atoms with E-state index in [1.807, 2.05) is 47.9 Å². The van der Waals surface area contributed by atoms with Crippen molar-refractivity contribution in [3.63, 3.8) is 0 Å². The summed E-state index contributed by atoms with van der Waals surface area (Å²) in [5, 5.41) is 6.09. The van der Waals surface area contributed by atoms with Gasteiger partial charge in [-0.1, -0.05) is 24.3 Å². The molecular weight excluding hydrogens is 467 g/mol. The summed E-state index contributed by atoms with van der Waals surface area (Å²) in [5.41, 5.74) is 3.46. The number of aryl methyl sites for hydroxylation is 1. The molecule has 186 valence electrons. The third-order valence-electron chi connectivity index (χ3n) is 6.27.